The molecule has 1 heterocycles. The molecule has 3 rings (SSSR count). The maximum atomic E-state index is 12.6. The molecule has 0 saturated heterocycles. The zero-order valence-electron chi connectivity index (χ0n) is 17.0. The summed E-state index contributed by atoms with van der Waals surface area (Å²) in [5.74, 6) is 1.65. The van der Waals surface area contributed by atoms with Gasteiger partial charge in [0.1, 0.15) is 11.5 Å². The van der Waals surface area contributed by atoms with Crippen molar-refractivity contribution in [1.82, 2.24) is 9.97 Å². The Bertz CT molecular complexity index is 1100. The predicted molar refractivity (Wildman–Crippen MR) is 117 cm³/mol. The Hall–Kier alpha value is -3.26. The van der Waals surface area contributed by atoms with Crippen LogP contribution in [-0.4, -0.2) is 30.1 Å². The summed E-state index contributed by atoms with van der Waals surface area (Å²) in [4.78, 5) is 32.2. The number of benzene rings is 2. The second-order valence-electron chi connectivity index (χ2n) is 6.50. The molecule has 0 fully saturated rings. The van der Waals surface area contributed by atoms with Crippen molar-refractivity contribution in [2.24, 2.45) is 0 Å². The Morgan fingerprint density at radius 3 is 2.67 bits per heavy atom. The van der Waals surface area contributed by atoms with E-state index in [0.29, 0.717) is 33.6 Å². The molecule has 156 valence electrons. The number of amides is 1. The first-order chi connectivity index (χ1) is 14.5. The summed E-state index contributed by atoms with van der Waals surface area (Å²) in [7, 11) is 3.16. The van der Waals surface area contributed by atoms with E-state index in [-0.39, 0.29) is 17.9 Å². The summed E-state index contributed by atoms with van der Waals surface area (Å²) >= 11 is 1.42. The summed E-state index contributed by atoms with van der Waals surface area (Å²) in [6.45, 7) is 1.73. The molecule has 0 aliphatic heterocycles. The molecular formula is C22H23N3O4S. The van der Waals surface area contributed by atoms with Crippen LogP contribution in [0.4, 0.5) is 5.69 Å². The van der Waals surface area contributed by atoms with Crippen LogP contribution in [-0.2, 0) is 17.0 Å². The summed E-state index contributed by atoms with van der Waals surface area (Å²) in [5, 5.41) is 3.28. The van der Waals surface area contributed by atoms with Gasteiger partial charge in [0.15, 0.2) is 5.16 Å². The van der Waals surface area contributed by atoms with E-state index in [0.717, 1.165) is 11.3 Å². The van der Waals surface area contributed by atoms with Crippen molar-refractivity contribution >= 4 is 23.4 Å². The van der Waals surface area contributed by atoms with E-state index >= 15 is 0 Å². The number of nitrogens with zero attached hydrogens (tertiary/aromatic N) is 1. The van der Waals surface area contributed by atoms with Crippen LogP contribution >= 0.6 is 11.8 Å². The number of aromatic amines is 1. The molecule has 2 aromatic carbocycles. The van der Waals surface area contributed by atoms with Gasteiger partial charge in [0, 0.05) is 17.0 Å². The number of aryl methyl sites for hydroxylation is 1. The van der Waals surface area contributed by atoms with E-state index in [1.807, 2.05) is 30.3 Å². The van der Waals surface area contributed by atoms with Crippen LogP contribution in [0, 0.1) is 6.92 Å². The van der Waals surface area contributed by atoms with E-state index in [9.17, 15) is 9.59 Å². The second kappa shape index (κ2) is 9.98. The number of para-hydroxylation sites is 2. The Balaban J connectivity index is 1.68. The standard InChI is InChI=1S/C22H23N3O4S/c1-14-17(12-20(26)24-18-9-4-5-10-19(18)29-3)21(27)25-22(23-14)30-13-15-7-6-8-16(11-15)28-2/h4-11H,12-13H2,1-3H3,(H,24,26)(H,23,25,27). The molecule has 7 nitrogen and oxygen atoms in total. The number of thioether (sulfide) groups is 1. The minimum Gasteiger partial charge on any atom is -0.497 e. The van der Waals surface area contributed by atoms with Crippen LogP contribution in [0.25, 0.3) is 0 Å². The lowest BCUT2D eigenvalue weighted by Gasteiger charge is -2.11. The maximum Gasteiger partial charge on any atom is 0.255 e. The number of aromatic nitrogens is 2. The Morgan fingerprint density at radius 1 is 1.13 bits per heavy atom. The average molecular weight is 426 g/mol. The molecule has 0 aliphatic carbocycles. The van der Waals surface area contributed by atoms with Gasteiger partial charge in [0.05, 0.1) is 26.3 Å². The quantitative estimate of drug-likeness (QED) is 0.423. The van der Waals surface area contributed by atoms with Crippen LogP contribution < -0.4 is 20.3 Å². The molecule has 0 unspecified atom stereocenters. The number of carbonyl (C=O) groups excluding carboxylic acids is 1. The van der Waals surface area contributed by atoms with Crippen LogP contribution in [0.1, 0.15) is 16.8 Å². The number of methoxy groups -OCH3 is 2. The monoisotopic (exact) mass is 425 g/mol. The third-order valence-corrected chi connectivity index (χ3v) is 5.37. The van der Waals surface area contributed by atoms with Crippen LogP contribution in [0.2, 0.25) is 0 Å². The highest BCUT2D eigenvalue weighted by Gasteiger charge is 2.14. The van der Waals surface area contributed by atoms with Crippen molar-refractivity contribution in [3.63, 3.8) is 0 Å². The average Bonchev–Trinajstić information content (AvgIpc) is 2.75. The number of hydrogen-bond acceptors (Lipinski definition) is 6. The number of rotatable bonds is 8. The number of carbonyl (C=O) groups is 1. The molecule has 1 aromatic heterocycles. The van der Waals surface area contributed by atoms with Gasteiger partial charge in [-0.3, -0.25) is 9.59 Å². The van der Waals surface area contributed by atoms with Gasteiger partial charge in [0.2, 0.25) is 5.91 Å². The summed E-state index contributed by atoms with van der Waals surface area (Å²) in [5.41, 5.74) is 2.17. The molecule has 2 N–H and O–H groups in total. The first-order valence-corrected chi connectivity index (χ1v) is 10.3. The highest BCUT2D eigenvalue weighted by Crippen LogP contribution is 2.24. The minimum absolute atomic E-state index is 0.0763. The molecule has 0 atom stereocenters. The van der Waals surface area contributed by atoms with Gasteiger partial charge in [-0.15, -0.1) is 0 Å². The maximum absolute atomic E-state index is 12.6. The van der Waals surface area contributed by atoms with E-state index in [1.165, 1.54) is 18.9 Å². The highest BCUT2D eigenvalue weighted by atomic mass is 32.2. The molecule has 0 aliphatic rings. The molecule has 0 saturated carbocycles. The largest absolute Gasteiger partial charge is 0.497 e. The van der Waals surface area contributed by atoms with Gasteiger partial charge in [-0.25, -0.2) is 4.98 Å². The normalized spacial score (nSPS) is 10.5. The first kappa shape index (κ1) is 21.4. The SMILES string of the molecule is COc1cccc(CSc2nc(C)c(CC(=O)Nc3ccccc3OC)c(=O)[nH]2)c1. The van der Waals surface area contributed by atoms with Gasteiger partial charge in [-0.1, -0.05) is 36.0 Å². The van der Waals surface area contributed by atoms with Gasteiger partial charge in [-0.2, -0.15) is 0 Å². The van der Waals surface area contributed by atoms with Crippen molar-refractivity contribution in [3.05, 3.63) is 75.7 Å². The lowest BCUT2D eigenvalue weighted by Crippen LogP contribution is -2.24. The zero-order chi connectivity index (χ0) is 21.5. The number of hydrogen-bond donors (Lipinski definition) is 2. The smallest absolute Gasteiger partial charge is 0.255 e. The Morgan fingerprint density at radius 2 is 1.93 bits per heavy atom. The minimum atomic E-state index is -0.314. The molecule has 8 heteroatoms. The lowest BCUT2D eigenvalue weighted by molar-refractivity contribution is -0.115. The van der Waals surface area contributed by atoms with Crippen molar-refractivity contribution < 1.29 is 14.3 Å². The van der Waals surface area contributed by atoms with Gasteiger partial charge >= 0.3 is 0 Å². The number of anilines is 1. The fraction of sp³-hybridized carbons (Fsp3) is 0.227. The second-order valence-corrected chi connectivity index (χ2v) is 7.46. The van der Waals surface area contributed by atoms with Crippen molar-refractivity contribution in [2.75, 3.05) is 19.5 Å². The van der Waals surface area contributed by atoms with Gasteiger partial charge in [-0.05, 0) is 36.8 Å². The van der Waals surface area contributed by atoms with Gasteiger partial charge in [0.25, 0.3) is 5.56 Å². The summed E-state index contributed by atoms with van der Waals surface area (Å²) < 4.78 is 10.5. The highest BCUT2D eigenvalue weighted by molar-refractivity contribution is 7.98. The van der Waals surface area contributed by atoms with E-state index in [1.54, 1.807) is 32.2 Å². The Labute approximate surface area is 178 Å². The van der Waals surface area contributed by atoms with Gasteiger partial charge < -0.3 is 19.8 Å². The Kier molecular flexibility index (Phi) is 7.13. The third kappa shape index (κ3) is 5.42. The molecule has 1 amide bonds. The van der Waals surface area contributed by atoms with Crippen molar-refractivity contribution in [2.45, 2.75) is 24.3 Å². The summed E-state index contributed by atoms with van der Waals surface area (Å²) in [6.07, 6.45) is -0.0763. The predicted octanol–water partition coefficient (Wildman–Crippen LogP) is 3.57. The lowest BCUT2D eigenvalue weighted by atomic mass is 10.1. The zero-order valence-corrected chi connectivity index (χ0v) is 17.8. The molecule has 0 radical (unpaired) electrons. The molecular weight excluding hydrogens is 402 g/mol. The van der Waals surface area contributed by atoms with E-state index in [2.05, 4.69) is 15.3 Å². The summed E-state index contributed by atoms with van der Waals surface area (Å²) in [6, 6.07) is 14.8. The topological polar surface area (TPSA) is 93.3 Å². The van der Waals surface area contributed by atoms with Crippen LogP contribution in [0.15, 0.2) is 58.5 Å². The number of H-pyrrole nitrogens is 1. The van der Waals surface area contributed by atoms with Crippen LogP contribution in [0.5, 0.6) is 11.5 Å². The molecule has 30 heavy (non-hydrogen) atoms. The molecule has 3 aromatic rings. The number of nitrogens with one attached hydrogen (secondary N) is 2. The fourth-order valence-corrected chi connectivity index (χ4v) is 3.73. The van der Waals surface area contributed by atoms with Crippen LogP contribution in [0.3, 0.4) is 0 Å². The molecule has 0 bridgehead atoms. The van der Waals surface area contributed by atoms with E-state index in [4.69, 9.17) is 9.47 Å². The van der Waals surface area contributed by atoms with E-state index < -0.39 is 0 Å². The third-order valence-electron chi connectivity index (χ3n) is 4.43. The van der Waals surface area contributed by atoms with Crippen molar-refractivity contribution in [1.29, 1.82) is 0 Å². The fourth-order valence-electron chi connectivity index (χ4n) is 2.88. The number of ether oxygens (including phenoxy) is 2. The van der Waals surface area contributed by atoms with Crippen molar-refractivity contribution in [3.8, 4) is 11.5 Å². The first-order valence-electron chi connectivity index (χ1n) is 9.28. The molecule has 0 spiro atoms.